The van der Waals surface area contributed by atoms with Crippen LogP contribution in [0.25, 0.3) is 0 Å². The fraction of sp³-hybridized carbons (Fsp3) is 0.643. The number of nitrogens with zero attached hydrogens (tertiary/aromatic N) is 2. The molecule has 1 fully saturated rings. The van der Waals surface area contributed by atoms with Gasteiger partial charge >= 0.3 is 5.97 Å². The van der Waals surface area contributed by atoms with Gasteiger partial charge in [0.05, 0.1) is 0 Å². The predicted molar refractivity (Wildman–Crippen MR) is 78.0 cm³/mol. The number of aromatic carboxylic acids is 1. The fourth-order valence-corrected chi connectivity index (χ4v) is 3.49. The second kappa shape index (κ2) is 6.03. The second-order valence-corrected chi connectivity index (χ2v) is 6.53. The third-order valence-corrected chi connectivity index (χ3v) is 5.04. The lowest BCUT2D eigenvalue weighted by Gasteiger charge is -2.39. The highest BCUT2D eigenvalue weighted by molar-refractivity contribution is 7.14. The molecule has 0 bridgehead atoms. The molecule has 1 saturated heterocycles. The summed E-state index contributed by atoms with van der Waals surface area (Å²) in [5.41, 5.74) is 1.17. The number of carbonyl (C=O) groups is 1. The summed E-state index contributed by atoms with van der Waals surface area (Å²) in [6, 6.07) is 2.45. The van der Waals surface area contributed by atoms with Crippen LogP contribution in [0.2, 0.25) is 0 Å². The minimum atomic E-state index is -0.816. The average Bonchev–Trinajstić information content (AvgIpc) is 2.73. The maximum Gasteiger partial charge on any atom is 0.345 e. The maximum absolute atomic E-state index is 11.0. The van der Waals surface area contributed by atoms with Crippen molar-refractivity contribution >= 4 is 17.3 Å². The monoisotopic (exact) mass is 282 g/mol. The first-order valence-corrected chi connectivity index (χ1v) is 7.58. The molecule has 1 aromatic heterocycles. The Bertz CT molecular complexity index is 458. The van der Waals surface area contributed by atoms with E-state index in [9.17, 15) is 4.79 Å². The lowest BCUT2D eigenvalue weighted by Crippen LogP contribution is -2.50. The Morgan fingerprint density at radius 1 is 1.53 bits per heavy atom. The standard InChI is InChI=1S/C14H22N2O2S/c1-4-12-9-16(6-5-15(12)3)8-11-7-13(14(17)18)19-10(11)2/h7,12H,4-6,8-9H2,1-3H3,(H,17,18). The van der Waals surface area contributed by atoms with Crippen LogP contribution in [0.15, 0.2) is 6.07 Å². The van der Waals surface area contributed by atoms with Crippen LogP contribution in [0.1, 0.15) is 33.5 Å². The van der Waals surface area contributed by atoms with Crippen LogP contribution in [0, 0.1) is 6.92 Å². The van der Waals surface area contributed by atoms with Crippen molar-refractivity contribution in [2.24, 2.45) is 0 Å². The summed E-state index contributed by atoms with van der Waals surface area (Å²) in [6.07, 6.45) is 1.16. The van der Waals surface area contributed by atoms with Crippen molar-refractivity contribution < 1.29 is 9.90 Å². The Morgan fingerprint density at radius 2 is 2.26 bits per heavy atom. The fourth-order valence-electron chi connectivity index (χ4n) is 2.62. The van der Waals surface area contributed by atoms with E-state index in [1.165, 1.54) is 16.9 Å². The lowest BCUT2D eigenvalue weighted by atomic mass is 10.1. The minimum Gasteiger partial charge on any atom is -0.477 e. The quantitative estimate of drug-likeness (QED) is 0.920. The van der Waals surface area contributed by atoms with Crippen LogP contribution >= 0.6 is 11.3 Å². The van der Waals surface area contributed by atoms with Gasteiger partial charge in [0, 0.05) is 37.1 Å². The van der Waals surface area contributed by atoms with E-state index in [-0.39, 0.29) is 0 Å². The Hall–Kier alpha value is -0.910. The summed E-state index contributed by atoms with van der Waals surface area (Å²) in [5.74, 6) is -0.816. The zero-order valence-electron chi connectivity index (χ0n) is 11.8. The summed E-state index contributed by atoms with van der Waals surface area (Å²) >= 11 is 1.38. The first-order chi connectivity index (χ1) is 9.01. The first-order valence-electron chi connectivity index (χ1n) is 6.76. The molecular formula is C14H22N2O2S. The smallest absolute Gasteiger partial charge is 0.345 e. The summed E-state index contributed by atoms with van der Waals surface area (Å²) < 4.78 is 0. The average molecular weight is 282 g/mol. The molecule has 5 heteroatoms. The van der Waals surface area contributed by atoms with Gasteiger partial charge in [0.15, 0.2) is 0 Å². The van der Waals surface area contributed by atoms with E-state index in [1.54, 1.807) is 0 Å². The topological polar surface area (TPSA) is 43.8 Å². The number of aryl methyl sites for hydroxylation is 1. The van der Waals surface area contributed by atoms with Crippen LogP contribution in [-0.4, -0.2) is 53.6 Å². The van der Waals surface area contributed by atoms with E-state index >= 15 is 0 Å². The normalized spacial score (nSPS) is 21.7. The lowest BCUT2D eigenvalue weighted by molar-refractivity contribution is 0.0701. The largest absolute Gasteiger partial charge is 0.477 e. The van der Waals surface area contributed by atoms with Gasteiger partial charge in [-0.25, -0.2) is 4.79 Å². The molecule has 2 rings (SSSR count). The van der Waals surface area contributed by atoms with Crippen LogP contribution < -0.4 is 0 Å². The first kappa shape index (κ1) is 14.5. The van der Waals surface area contributed by atoms with Gasteiger partial charge in [-0.3, -0.25) is 4.90 Å². The third-order valence-electron chi connectivity index (χ3n) is 3.96. The highest BCUT2D eigenvalue weighted by atomic mass is 32.1. The number of thiophene rings is 1. The summed E-state index contributed by atoms with van der Waals surface area (Å²) in [6.45, 7) is 8.34. The number of hydrogen-bond donors (Lipinski definition) is 1. The molecular weight excluding hydrogens is 260 g/mol. The molecule has 0 spiro atoms. The molecule has 0 amide bonds. The Morgan fingerprint density at radius 3 is 2.84 bits per heavy atom. The number of carboxylic acids is 1. The number of rotatable bonds is 4. The third kappa shape index (κ3) is 3.35. The molecule has 1 aromatic rings. The van der Waals surface area contributed by atoms with Crippen molar-refractivity contribution in [1.29, 1.82) is 0 Å². The summed E-state index contributed by atoms with van der Waals surface area (Å²) in [5, 5.41) is 9.03. The molecule has 4 nitrogen and oxygen atoms in total. The SMILES string of the molecule is CCC1CN(Cc2cc(C(=O)O)sc2C)CCN1C. The van der Waals surface area contributed by atoms with Gasteiger partial charge in [-0.15, -0.1) is 11.3 Å². The zero-order chi connectivity index (χ0) is 14.0. The van der Waals surface area contributed by atoms with E-state index < -0.39 is 5.97 Å². The summed E-state index contributed by atoms with van der Waals surface area (Å²) in [4.78, 5) is 17.4. The number of hydrogen-bond acceptors (Lipinski definition) is 4. The van der Waals surface area contributed by atoms with Gasteiger partial charge in [-0.1, -0.05) is 6.92 Å². The molecule has 1 aliphatic heterocycles. The van der Waals surface area contributed by atoms with Crippen molar-refractivity contribution in [2.75, 3.05) is 26.7 Å². The maximum atomic E-state index is 11.0. The highest BCUT2D eigenvalue weighted by Crippen LogP contribution is 2.24. The number of carboxylic acid groups (broad SMARTS) is 1. The Labute approximate surface area is 118 Å². The molecule has 19 heavy (non-hydrogen) atoms. The number of piperazine rings is 1. The van der Waals surface area contributed by atoms with E-state index in [0.717, 1.165) is 37.5 Å². The van der Waals surface area contributed by atoms with Crippen LogP contribution in [0.3, 0.4) is 0 Å². The van der Waals surface area contributed by atoms with Crippen molar-refractivity contribution in [2.45, 2.75) is 32.9 Å². The van der Waals surface area contributed by atoms with E-state index in [4.69, 9.17) is 5.11 Å². The Kier molecular flexibility index (Phi) is 4.60. The van der Waals surface area contributed by atoms with Gasteiger partial charge in [0.25, 0.3) is 0 Å². The zero-order valence-corrected chi connectivity index (χ0v) is 12.7. The molecule has 1 atom stereocenters. The van der Waals surface area contributed by atoms with Gasteiger partial charge in [0.1, 0.15) is 4.88 Å². The minimum absolute atomic E-state index is 0.452. The van der Waals surface area contributed by atoms with Gasteiger partial charge < -0.3 is 10.0 Å². The molecule has 0 saturated carbocycles. The van der Waals surface area contributed by atoms with Crippen LogP contribution in [-0.2, 0) is 6.54 Å². The highest BCUT2D eigenvalue weighted by Gasteiger charge is 2.23. The van der Waals surface area contributed by atoms with Gasteiger partial charge in [-0.05, 0) is 32.0 Å². The molecule has 1 aliphatic rings. The molecule has 0 aromatic carbocycles. The molecule has 0 radical (unpaired) electrons. The number of likely N-dealkylation sites (N-methyl/N-ethyl adjacent to an activating group) is 1. The molecule has 1 N–H and O–H groups in total. The van der Waals surface area contributed by atoms with Crippen molar-refractivity contribution in [1.82, 2.24) is 9.80 Å². The van der Waals surface area contributed by atoms with Crippen LogP contribution in [0.4, 0.5) is 0 Å². The van der Waals surface area contributed by atoms with Crippen molar-refractivity contribution in [3.8, 4) is 0 Å². The van der Waals surface area contributed by atoms with Gasteiger partial charge in [-0.2, -0.15) is 0 Å². The van der Waals surface area contributed by atoms with Gasteiger partial charge in [0.2, 0.25) is 0 Å². The van der Waals surface area contributed by atoms with Crippen molar-refractivity contribution in [3.63, 3.8) is 0 Å². The second-order valence-electron chi connectivity index (χ2n) is 5.28. The molecule has 2 heterocycles. The molecule has 1 unspecified atom stereocenters. The molecule has 0 aliphatic carbocycles. The molecule has 106 valence electrons. The van der Waals surface area contributed by atoms with Crippen molar-refractivity contribution in [3.05, 3.63) is 21.4 Å². The Balaban J connectivity index is 2.03. The van der Waals surface area contributed by atoms with Crippen LogP contribution in [0.5, 0.6) is 0 Å². The van der Waals surface area contributed by atoms with E-state index in [2.05, 4.69) is 23.8 Å². The van der Waals surface area contributed by atoms with E-state index in [0.29, 0.717) is 10.9 Å². The van der Waals surface area contributed by atoms with E-state index in [1.807, 2.05) is 13.0 Å². The summed E-state index contributed by atoms with van der Waals surface area (Å²) in [7, 11) is 2.18. The predicted octanol–water partition coefficient (Wildman–Crippen LogP) is 2.28.